The van der Waals surface area contributed by atoms with Gasteiger partial charge in [-0.2, -0.15) is 5.26 Å². The van der Waals surface area contributed by atoms with Crippen LogP contribution in [0.2, 0.25) is 0 Å². The van der Waals surface area contributed by atoms with Gasteiger partial charge in [0.15, 0.2) is 0 Å². The molecule has 1 heterocycles. The number of nitrogens with zero attached hydrogens (tertiary/aromatic N) is 2. The first-order valence-electron chi connectivity index (χ1n) is 7.44. The minimum Gasteiger partial charge on any atom is -0.473 e. The molecule has 0 unspecified atom stereocenters. The van der Waals surface area contributed by atoms with Gasteiger partial charge in [-0.3, -0.25) is 0 Å². The first-order valence-corrected chi connectivity index (χ1v) is 7.44. The topological polar surface area (TPSA) is 45.9 Å². The van der Waals surface area contributed by atoms with Gasteiger partial charge in [0.05, 0.1) is 0 Å². The fourth-order valence-electron chi connectivity index (χ4n) is 2.91. The monoisotopic (exact) mass is 272 g/mol. The third-order valence-electron chi connectivity index (χ3n) is 4.30. The van der Waals surface area contributed by atoms with Crippen LogP contribution in [0.1, 0.15) is 57.7 Å². The molecule has 0 saturated heterocycles. The molecule has 1 aliphatic carbocycles. The molecule has 20 heavy (non-hydrogen) atoms. The van der Waals surface area contributed by atoms with Gasteiger partial charge < -0.3 is 4.74 Å². The van der Waals surface area contributed by atoms with Crippen LogP contribution in [0.25, 0.3) is 0 Å². The standard InChI is InChI=1S/C17H24N2O/c1-12-5-6-13(11-18)16(19-12)20-15-9-7-14(8-10-15)17(2,3)4/h5-6,14-15H,7-10H2,1-4H3. The number of hydrogen-bond acceptors (Lipinski definition) is 3. The first kappa shape index (κ1) is 14.8. The Labute approximate surface area is 122 Å². The minimum atomic E-state index is 0.204. The van der Waals surface area contributed by atoms with E-state index in [1.165, 1.54) is 12.8 Å². The van der Waals surface area contributed by atoms with Crippen molar-refractivity contribution in [2.75, 3.05) is 0 Å². The Morgan fingerprint density at radius 3 is 2.40 bits per heavy atom. The number of hydrogen-bond donors (Lipinski definition) is 0. The average Bonchev–Trinajstić information content (AvgIpc) is 2.38. The van der Waals surface area contributed by atoms with Crippen LogP contribution < -0.4 is 4.74 Å². The van der Waals surface area contributed by atoms with E-state index in [1.807, 2.05) is 13.0 Å². The van der Waals surface area contributed by atoms with Gasteiger partial charge >= 0.3 is 0 Å². The molecule has 1 saturated carbocycles. The van der Waals surface area contributed by atoms with E-state index in [1.54, 1.807) is 6.07 Å². The predicted octanol–water partition coefficient (Wildman–Crippen LogP) is 4.25. The molecule has 0 amide bonds. The summed E-state index contributed by atoms with van der Waals surface area (Å²) >= 11 is 0. The molecule has 1 fully saturated rings. The normalized spacial score (nSPS) is 23.1. The van der Waals surface area contributed by atoms with Gasteiger partial charge in [0.1, 0.15) is 17.7 Å². The lowest BCUT2D eigenvalue weighted by Crippen LogP contribution is -2.30. The highest BCUT2D eigenvalue weighted by molar-refractivity contribution is 5.38. The zero-order valence-electron chi connectivity index (χ0n) is 12.9. The lowest BCUT2D eigenvalue weighted by atomic mass is 9.72. The molecule has 0 spiro atoms. The Morgan fingerprint density at radius 1 is 1.20 bits per heavy atom. The molecule has 2 rings (SSSR count). The maximum Gasteiger partial charge on any atom is 0.232 e. The molecule has 0 aromatic carbocycles. The number of ether oxygens (including phenoxy) is 1. The molecule has 0 aliphatic heterocycles. The smallest absolute Gasteiger partial charge is 0.232 e. The van der Waals surface area contributed by atoms with Gasteiger partial charge in [0, 0.05) is 5.69 Å². The van der Waals surface area contributed by atoms with Gasteiger partial charge in [-0.25, -0.2) is 4.98 Å². The highest BCUT2D eigenvalue weighted by Gasteiger charge is 2.30. The highest BCUT2D eigenvalue weighted by atomic mass is 16.5. The summed E-state index contributed by atoms with van der Waals surface area (Å²) < 4.78 is 5.99. The summed E-state index contributed by atoms with van der Waals surface area (Å²) in [4.78, 5) is 4.36. The van der Waals surface area contributed by atoms with Crippen molar-refractivity contribution in [1.29, 1.82) is 5.26 Å². The van der Waals surface area contributed by atoms with Crippen molar-refractivity contribution in [3.8, 4) is 11.9 Å². The Balaban J connectivity index is 2.00. The van der Waals surface area contributed by atoms with Crippen LogP contribution in [0.5, 0.6) is 5.88 Å². The summed E-state index contributed by atoms with van der Waals surface area (Å²) in [6, 6.07) is 5.80. The van der Waals surface area contributed by atoms with Crippen LogP contribution in [-0.4, -0.2) is 11.1 Å². The van der Waals surface area contributed by atoms with Crippen LogP contribution in [0.3, 0.4) is 0 Å². The Kier molecular flexibility index (Phi) is 4.32. The Hall–Kier alpha value is -1.56. The van der Waals surface area contributed by atoms with Crippen molar-refractivity contribution in [1.82, 2.24) is 4.98 Å². The quantitative estimate of drug-likeness (QED) is 0.808. The molecule has 0 N–H and O–H groups in total. The predicted molar refractivity (Wildman–Crippen MR) is 79.5 cm³/mol. The van der Waals surface area contributed by atoms with Gasteiger partial charge in [-0.05, 0) is 56.1 Å². The van der Waals surface area contributed by atoms with Gasteiger partial charge in [-0.1, -0.05) is 20.8 Å². The minimum absolute atomic E-state index is 0.204. The van der Waals surface area contributed by atoms with E-state index in [4.69, 9.17) is 10.00 Å². The third-order valence-corrected chi connectivity index (χ3v) is 4.30. The summed E-state index contributed by atoms with van der Waals surface area (Å²) in [5.74, 6) is 1.27. The van der Waals surface area contributed by atoms with Crippen molar-refractivity contribution in [2.24, 2.45) is 11.3 Å². The summed E-state index contributed by atoms with van der Waals surface area (Å²) in [5.41, 5.74) is 1.81. The molecule has 0 bridgehead atoms. The molecule has 1 aromatic heterocycles. The fraction of sp³-hybridized carbons (Fsp3) is 0.647. The SMILES string of the molecule is Cc1ccc(C#N)c(OC2CCC(C(C)(C)C)CC2)n1. The third kappa shape index (κ3) is 3.50. The van der Waals surface area contributed by atoms with Crippen LogP contribution >= 0.6 is 0 Å². The second-order valence-electron chi connectivity index (χ2n) is 6.87. The molecule has 3 nitrogen and oxygen atoms in total. The van der Waals surface area contributed by atoms with Crippen LogP contribution in [0.15, 0.2) is 12.1 Å². The fourth-order valence-corrected chi connectivity index (χ4v) is 2.91. The zero-order chi connectivity index (χ0) is 14.8. The summed E-state index contributed by atoms with van der Waals surface area (Å²) in [5, 5.41) is 9.12. The average molecular weight is 272 g/mol. The molecule has 108 valence electrons. The number of pyridine rings is 1. The van der Waals surface area contributed by atoms with Gasteiger partial charge in [-0.15, -0.1) is 0 Å². The lowest BCUT2D eigenvalue weighted by Gasteiger charge is -2.36. The Bertz CT molecular complexity index is 503. The largest absolute Gasteiger partial charge is 0.473 e. The van der Waals surface area contributed by atoms with E-state index in [9.17, 15) is 0 Å². The van der Waals surface area contributed by atoms with E-state index in [0.29, 0.717) is 16.9 Å². The van der Waals surface area contributed by atoms with Gasteiger partial charge in [0.25, 0.3) is 0 Å². The first-order chi connectivity index (χ1) is 9.40. The molecule has 1 aromatic rings. The zero-order valence-corrected chi connectivity index (χ0v) is 12.9. The van der Waals surface area contributed by atoms with Crippen molar-refractivity contribution in [3.05, 3.63) is 23.4 Å². The maximum atomic E-state index is 9.12. The molecular formula is C17H24N2O. The van der Waals surface area contributed by atoms with E-state index < -0.39 is 0 Å². The molecule has 0 radical (unpaired) electrons. The maximum absolute atomic E-state index is 9.12. The van der Waals surface area contributed by atoms with E-state index in [2.05, 4.69) is 31.8 Å². The van der Waals surface area contributed by atoms with Crippen LogP contribution in [0, 0.1) is 29.6 Å². The molecule has 1 aliphatic rings. The Morgan fingerprint density at radius 2 is 1.85 bits per heavy atom. The number of nitriles is 1. The van der Waals surface area contributed by atoms with Crippen molar-refractivity contribution in [2.45, 2.75) is 59.5 Å². The van der Waals surface area contributed by atoms with Crippen molar-refractivity contribution >= 4 is 0 Å². The van der Waals surface area contributed by atoms with Crippen molar-refractivity contribution in [3.63, 3.8) is 0 Å². The van der Waals surface area contributed by atoms with Crippen LogP contribution in [0.4, 0.5) is 0 Å². The summed E-state index contributed by atoms with van der Waals surface area (Å²) in [6.07, 6.45) is 4.71. The molecule has 3 heteroatoms. The highest BCUT2D eigenvalue weighted by Crippen LogP contribution is 2.38. The summed E-state index contributed by atoms with van der Waals surface area (Å²) in [7, 11) is 0. The van der Waals surface area contributed by atoms with Gasteiger partial charge in [0.2, 0.25) is 5.88 Å². The molecule has 0 atom stereocenters. The molecular weight excluding hydrogens is 248 g/mol. The van der Waals surface area contributed by atoms with E-state index >= 15 is 0 Å². The number of aryl methyl sites for hydroxylation is 1. The lowest BCUT2D eigenvalue weighted by molar-refractivity contribution is 0.0848. The van der Waals surface area contributed by atoms with Crippen LogP contribution in [-0.2, 0) is 0 Å². The number of rotatable bonds is 2. The van der Waals surface area contributed by atoms with E-state index in [-0.39, 0.29) is 6.10 Å². The second kappa shape index (κ2) is 5.83. The number of aromatic nitrogens is 1. The van der Waals surface area contributed by atoms with Crippen molar-refractivity contribution < 1.29 is 4.74 Å². The summed E-state index contributed by atoms with van der Waals surface area (Å²) in [6.45, 7) is 8.86. The van der Waals surface area contributed by atoms with E-state index in [0.717, 1.165) is 24.5 Å². The second-order valence-corrected chi connectivity index (χ2v) is 6.87.